The van der Waals surface area contributed by atoms with Gasteiger partial charge in [0.25, 0.3) is 0 Å². The maximum atomic E-state index is 5.38. The van der Waals surface area contributed by atoms with Crippen molar-refractivity contribution in [1.29, 1.82) is 0 Å². The minimum Gasteiger partial charge on any atom is -0.254 e. The summed E-state index contributed by atoms with van der Waals surface area (Å²) < 4.78 is 0. The van der Waals surface area contributed by atoms with Crippen LogP contribution in [0.5, 0.6) is 0 Å². The van der Waals surface area contributed by atoms with E-state index >= 15 is 0 Å². The summed E-state index contributed by atoms with van der Waals surface area (Å²) in [6.07, 6.45) is 3.70. The normalized spacial score (nSPS) is 12.0. The van der Waals surface area contributed by atoms with E-state index in [4.69, 9.17) is 15.0 Å². The zero-order chi connectivity index (χ0) is 39.3. The second-order valence-corrected chi connectivity index (χ2v) is 15.9. The standard InChI is InChI=1S/C57H33N3/c1-2-15-42-41(14-1)50-31-36(25-27-43(50)44-28-26-37(32-51(42)44)49-33-38-11-9-29-58-56(38)57-47(49)19-10-30-59-57)34-21-23-35(24-22-34)55-54-46-17-6-4-13-40(46)39-12-3-5-16-45(39)53(54)48-18-7-8-20-52(48)60-55/h1-33H. The van der Waals surface area contributed by atoms with E-state index in [0.29, 0.717) is 0 Å². The van der Waals surface area contributed by atoms with Gasteiger partial charge >= 0.3 is 0 Å². The second-order valence-electron chi connectivity index (χ2n) is 15.9. The Morgan fingerprint density at radius 2 is 0.767 bits per heavy atom. The SMILES string of the molecule is c1cnc2c(c1)cc(-c1ccc3c4ccc(-c5ccc(-c6nc7ccccc7c7c8ccccc8c8ccccc8c67)cc5)cc4c4ccccc4c3c1)c1cccnc12. The van der Waals surface area contributed by atoms with Crippen LogP contribution < -0.4 is 0 Å². The fourth-order valence-electron chi connectivity index (χ4n) is 9.97. The first-order chi connectivity index (χ1) is 29.8. The molecule has 3 heterocycles. The van der Waals surface area contributed by atoms with Gasteiger partial charge in [-0.3, -0.25) is 9.97 Å². The van der Waals surface area contributed by atoms with Crippen molar-refractivity contribution in [3.63, 3.8) is 0 Å². The lowest BCUT2D eigenvalue weighted by Crippen LogP contribution is -1.93. The summed E-state index contributed by atoms with van der Waals surface area (Å²) in [5.74, 6) is 0. The van der Waals surface area contributed by atoms with E-state index in [0.717, 1.165) is 44.1 Å². The van der Waals surface area contributed by atoms with Gasteiger partial charge in [0.1, 0.15) is 0 Å². The molecule has 0 atom stereocenters. The minimum absolute atomic E-state index is 0.929. The summed E-state index contributed by atoms with van der Waals surface area (Å²) >= 11 is 0. The molecule has 13 aromatic rings. The van der Waals surface area contributed by atoms with E-state index in [9.17, 15) is 0 Å². The first kappa shape index (κ1) is 33.0. The van der Waals surface area contributed by atoms with E-state index in [-0.39, 0.29) is 0 Å². The lowest BCUT2D eigenvalue weighted by atomic mass is 9.89. The second kappa shape index (κ2) is 12.7. The molecule has 0 spiro atoms. The third kappa shape index (κ3) is 4.81. The Kier molecular flexibility index (Phi) is 7.01. The highest BCUT2D eigenvalue weighted by Gasteiger charge is 2.18. The molecule has 0 aliphatic rings. The highest BCUT2D eigenvalue weighted by Crippen LogP contribution is 2.44. The largest absolute Gasteiger partial charge is 0.254 e. The highest BCUT2D eigenvalue weighted by atomic mass is 14.7. The lowest BCUT2D eigenvalue weighted by Gasteiger charge is -2.16. The molecule has 3 aromatic heterocycles. The van der Waals surface area contributed by atoms with Crippen LogP contribution in [0.1, 0.15) is 0 Å². The summed E-state index contributed by atoms with van der Waals surface area (Å²) in [5, 5.41) is 18.3. The third-order valence-electron chi connectivity index (χ3n) is 12.7. The Morgan fingerprint density at radius 1 is 0.283 bits per heavy atom. The lowest BCUT2D eigenvalue weighted by molar-refractivity contribution is 1.37. The van der Waals surface area contributed by atoms with Crippen molar-refractivity contribution in [3.8, 4) is 33.5 Å². The van der Waals surface area contributed by atoms with Crippen LogP contribution in [0.25, 0.3) is 131 Å². The third-order valence-corrected chi connectivity index (χ3v) is 12.7. The molecule has 10 aromatic carbocycles. The number of hydrogen-bond acceptors (Lipinski definition) is 3. The molecule has 0 unspecified atom stereocenters. The van der Waals surface area contributed by atoms with Gasteiger partial charge in [-0.2, -0.15) is 0 Å². The molecule has 276 valence electrons. The van der Waals surface area contributed by atoms with Crippen LogP contribution in [-0.4, -0.2) is 15.0 Å². The molecule has 3 nitrogen and oxygen atoms in total. The molecule has 0 bridgehead atoms. The molecule has 0 radical (unpaired) electrons. The average molecular weight is 760 g/mol. The van der Waals surface area contributed by atoms with Crippen molar-refractivity contribution in [2.45, 2.75) is 0 Å². The Hall–Kier alpha value is -8.01. The fraction of sp³-hybridized carbons (Fsp3) is 0. The monoisotopic (exact) mass is 759 g/mol. The van der Waals surface area contributed by atoms with E-state index in [2.05, 4.69) is 176 Å². The molecular formula is C57H33N3. The molecule has 0 saturated heterocycles. The van der Waals surface area contributed by atoms with Crippen molar-refractivity contribution in [1.82, 2.24) is 15.0 Å². The summed E-state index contributed by atoms with van der Waals surface area (Å²) in [6.45, 7) is 0. The van der Waals surface area contributed by atoms with Gasteiger partial charge in [0, 0.05) is 44.9 Å². The molecule has 0 aliphatic heterocycles. The van der Waals surface area contributed by atoms with Crippen molar-refractivity contribution < 1.29 is 0 Å². The van der Waals surface area contributed by atoms with Crippen molar-refractivity contribution in [3.05, 3.63) is 200 Å². The molecule has 0 saturated carbocycles. The molecule has 13 rings (SSSR count). The quantitative estimate of drug-likeness (QED) is 0.168. The van der Waals surface area contributed by atoms with E-state index < -0.39 is 0 Å². The number of hydrogen-bond donors (Lipinski definition) is 0. The number of aromatic nitrogens is 3. The van der Waals surface area contributed by atoms with Crippen LogP contribution in [0, 0.1) is 0 Å². The van der Waals surface area contributed by atoms with Gasteiger partial charge in [0.15, 0.2) is 0 Å². The number of pyridine rings is 3. The predicted molar refractivity (Wildman–Crippen MR) is 254 cm³/mol. The van der Waals surface area contributed by atoms with E-state index in [1.807, 2.05) is 24.5 Å². The van der Waals surface area contributed by atoms with Crippen molar-refractivity contribution in [2.75, 3.05) is 0 Å². The molecule has 3 heteroatoms. The molecular weight excluding hydrogens is 727 g/mol. The van der Waals surface area contributed by atoms with Crippen LogP contribution in [0.2, 0.25) is 0 Å². The van der Waals surface area contributed by atoms with Gasteiger partial charge in [0.05, 0.1) is 22.2 Å². The summed E-state index contributed by atoms with van der Waals surface area (Å²) in [6, 6.07) is 68.5. The number of fused-ring (bicyclic) bond motifs is 17. The summed E-state index contributed by atoms with van der Waals surface area (Å²) in [4.78, 5) is 14.9. The first-order valence-electron chi connectivity index (χ1n) is 20.5. The van der Waals surface area contributed by atoms with Gasteiger partial charge in [-0.15, -0.1) is 0 Å². The molecule has 0 fully saturated rings. The Morgan fingerprint density at radius 3 is 1.47 bits per heavy atom. The molecule has 0 aliphatic carbocycles. The Labute approximate surface area is 344 Å². The summed E-state index contributed by atoms with van der Waals surface area (Å²) in [5.41, 5.74) is 9.67. The van der Waals surface area contributed by atoms with E-state index in [1.165, 1.54) is 86.7 Å². The number of nitrogens with zero attached hydrogens (tertiary/aromatic N) is 3. The number of benzene rings is 10. The van der Waals surface area contributed by atoms with Crippen LogP contribution in [0.4, 0.5) is 0 Å². The van der Waals surface area contributed by atoms with Gasteiger partial charge in [-0.1, -0.05) is 152 Å². The maximum absolute atomic E-state index is 5.38. The summed E-state index contributed by atoms with van der Waals surface area (Å²) in [7, 11) is 0. The van der Waals surface area contributed by atoms with Crippen LogP contribution in [0.15, 0.2) is 200 Å². The van der Waals surface area contributed by atoms with E-state index in [1.54, 1.807) is 0 Å². The fourth-order valence-corrected chi connectivity index (χ4v) is 9.97. The zero-order valence-corrected chi connectivity index (χ0v) is 32.4. The average Bonchev–Trinajstić information content (AvgIpc) is 3.33. The Balaban J connectivity index is 0.968. The van der Waals surface area contributed by atoms with Crippen LogP contribution in [-0.2, 0) is 0 Å². The zero-order valence-electron chi connectivity index (χ0n) is 32.4. The molecule has 0 N–H and O–H groups in total. The van der Waals surface area contributed by atoms with Gasteiger partial charge in [-0.25, -0.2) is 4.98 Å². The van der Waals surface area contributed by atoms with Gasteiger partial charge in [-0.05, 0) is 113 Å². The molecule has 0 amide bonds. The van der Waals surface area contributed by atoms with Crippen LogP contribution in [0.3, 0.4) is 0 Å². The maximum Gasteiger partial charge on any atom is 0.0970 e. The van der Waals surface area contributed by atoms with Crippen molar-refractivity contribution >= 4 is 97.3 Å². The van der Waals surface area contributed by atoms with Crippen molar-refractivity contribution in [2.24, 2.45) is 0 Å². The minimum atomic E-state index is 0.929. The van der Waals surface area contributed by atoms with Gasteiger partial charge in [0.2, 0.25) is 0 Å². The topological polar surface area (TPSA) is 38.7 Å². The Bertz CT molecular complexity index is 3920. The highest BCUT2D eigenvalue weighted by molar-refractivity contribution is 6.33. The first-order valence-corrected chi connectivity index (χ1v) is 20.5. The number of para-hydroxylation sites is 1. The van der Waals surface area contributed by atoms with Gasteiger partial charge < -0.3 is 0 Å². The predicted octanol–water partition coefficient (Wildman–Crippen LogP) is 15.3. The van der Waals surface area contributed by atoms with Crippen LogP contribution >= 0.6 is 0 Å². The molecule has 60 heavy (non-hydrogen) atoms. The number of rotatable bonds is 3. The smallest absolute Gasteiger partial charge is 0.0970 e.